The quantitative estimate of drug-likeness (QED) is 0.440. The number of thiophene rings is 1. The fraction of sp³-hybridized carbons (Fsp3) is 0.304. The molecule has 0 unspecified atom stereocenters. The lowest BCUT2D eigenvalue weighted by molar-refractivity contribution is -0.116. The number of rotatable bonds is 6. The van der Waals surface area contributed by atoms with Crippen LogP contribution in [0.3, 0.4) is 0 Å². The largest absolute Gasteiger partial charge is 0.329 e. The van der Waals surface area contributed by atoms with Crippen LogP contribution >= 0.6 is 23.1 Å². The standard InChI is InChI=1S/C23H22FN5O2S2/c1-28-11-9-25-23(28)33-18-7-6-14(24)12-16(18)27-19(30)8-10-29-13-26-21-20(22(29)31)15-4-2-3-5-17(15)32-21/h6-7,9,11-13H,2-5,8,10H2,1H3,(H,27,30). The van der Waals surface area contributed by atoms with Crippen molar-refractivity contribution in [3.8, 4) is 0 Å². The minimum Gasteiger partial charge on any atom is -0.329 e. The molecule has 0 aliphatic heterocycles. The number of aryl methyl sites for hydroxylation is 4. The Kier molecular flexibility index (Phi) is 6.03. The number of nitrogens with zero attached hydrogens (tertiary/aromatic N) is 4. The second-order valence-electron chi connectivity index (χ2n) is 8.00. The lowest BCUT2D eigenvalue weighted by atomic mass is 9.97. The summed E-state index contributed by atoms with van der Waals surface area (Å²) in [7, 11) is 1.87. The van der Waals surface area contributed by atoms with E-state index in [1.54, 1.807) is 23.6 Å². The maximum atomic E-state index is 13.9. The first-order valence-electron chi connectivity index (χ1n) is 10.7. The van der Waals surface area contributed by atoms with Gasteiger partial charge in [0, 0.05) is 42.2 Å². The molecule has 0 atom stereocenters. The molecule has 170 valence electrons. The van der Waals surface area contributed by atoms with Crippen LogP contribution in [0.2, 0.25) is 0 Å². The molecule has 33 heavy (non-hydrogen) atoms. The molecule has 3 aromatic heterocycles. The van der Waals surface area contributed by atoms with E-state index in [9.17, 15) is 14.0 Å². The Bertz CT molecular complexity index is 1410. The third-order valence-corrected chi connectivity index (χ3v) is 8.07. The molecule has 0 spiro atoms. The van der Waals surface area contributed by atoms with Crippen molar-refractivity contribution in [1.82, 2.24) is 19.1 Å². The van der Waals surface area contributed by atoms with Gasteiger partial charge in [0.2, 0.25) is 5.91 Å². The monoisotopic (exact) mass is 483 g/mol. The number of hydrogen-bond acceptors (Lipinski definition) is 6. The molecule has 0 saturated carbocycles. The highest BCUT2D eigenvalue weighted by molar-refractivity contribution is 7.99. The van der Waals surface area contributed by atoms with Gasteiger partial charge in [-0.2, -0.15) is 0 Å². The van der Waals surface area contributed by atoms with E-state index in [1.807, 2.05) is 17.8 Å². The van der Waals surface area contributed by atoms with E-state index in [-0.39, 0.29) is 24.4 Å². The molecule has 4 aromatic rings. The Balaban J connectivity index is 1.32. The van der Waals surface area contributed by atoms with Crippen molar-refractivity contribution in [2.45, 2.75) is 48.7 Å². The van der Waals surface area contributed by atoms with Gasteiger partial charge in [0.15, 0.2) is 5.16 Å². The number of amides is 1. The fourth-order valence-corrected chi connectivity index (χ4v) is 6.10. The van der Waals surface area contributed by atoms with E-state index in [0.29, 0.717) is 16.0 Å². The van der Waals surface area contributed by atoms with Gasteiger partial charge in [-0.05, 0) is 61.2 Å². The number of carbonyl (C=O) groups excluding carboxylic acids is 1. The summed E-state index contributed by atoms with van der Waals surface area (Å²) in [5.41, 5.74) is 1.41. The van der Waals surface area contributed by atoms with Gasteiger partial charge in [-0.15, -0.1) is 11.3 Å². The minimum absolute atomic E-state index is 0.0719. The lowest BCUT2D eigenvalue weighted by Gasteiger charge is -2.12. The van der Waals surface area contributed by atoms with E-state index in [0.717, 1.165) is 41.2 Å². The predicted molar refractivity (Wildman–Crippen MR) is 127 cm³/mol. The summed E-state index contributed by atoms with van der Waals surface area (Å²) in [6.07, 6.45) is 9.23. The molecule has 1 amide bonds. The molecule has 10 heteroatoms. The molecule has 0 bridgehead atoms. The molecule has 0 radical (unpaired) electrons. The van der Waals surface area contributed by atoms with Gasteiger partial charge in [-0.25, -0.2) is 14.4 Å². The number of nitrogens with one attached hydrogen (secondary N) is 1. The second kappa shape index (κ2) is 9.11. The van der Waals surface area contributed by atoms with Crippen molar-refractivity contribution in [3.05, 3.63) is 63.5 Å². The number of anilines is 1. The van der Waals surface area contributed by atoms with Gasteiger partial charge in [-0.3, -0.25) is 14.2 Å². The van der Waals surface area contributed by atoms with E-state index in [1.165, 1.54) is 39.7 Å². The Morgan fingerprint density at radius 2 is 2.12 bits per heavy atom. The first-order chi connectivity index (χ1) is 16.0. The topological polar surface area (TPSA) is 81.8 Å². The molecule has 1 aromatic carbocycles. The van der Waals surface area contributed by atoms with Crippen LogP contribution in [0.1, 0.15) is 29.7 Å². The molecule has 0 fully saturated rings. The molecule has 5 rings (SSSR count). The van der Waals surface area contributed by atoms with Crippen LogP contribution in [-0.4, -0.2) is 25.0 Å². The number of halogens is 1. The maximum absolute atomic E-state index is 13.9. The Labute approximate surface area is 197 Å². The van der Waals surface area contributed by atoms with Gasteiger partial charge in [0.1, 0.15) is 10.6 Å². The Hall–Kier alpha value is -2.98. The summed E-state index contributed by atoms with van der Waals surface area (Å²) >= 11 is 2.94. The third-order valence-electron chi connectivity index (χ3n) is 5.72. The van der Waals surface area contributed by atoms with Crippen molar-refractivity contribution in [2.75, 3.05) is 5.32 Å². The number of aromatic nitrogens is 4. The molecular formula is C23H22FN5O2S2. The van der Waals surface area contributed by atoms with Crippen LogP contribution in [-0.2, 0) is 31.2 Å². The average molecular weight is 484 g/mol. The van der Waals surface area contributed by atoms with Crippen molar-refractivity contribution in [3.63, 3.8) is 0 Å². The molecule has 7 nitrogen and oxygen atoms in total. The molecule has 1 aliphatic rings. The van der Waals surface area contributed by atoms with Gasteiger partial charge in [-0.1, -0.05) is 0 Å². The third kappa shape index (κ3) is 4.45. The Morgan fingerprint density at radius 3 is 2.94 bits per heavy atom. The van der Waals surface area contributed by atoms with Gasteiger partial charge < -0.3 is 9.88 Å². The summed E-state index contributed by atoms with van der Waals surface area (Å²) in [6, 6.07) is 4.26. The zero-order valence-electron chi connectivity index (χ0n) is 18.0. The van der Waals surface area contributed by atoms with Crippen molar-refractivity contribution >= 4 is 44.9 Å². The average Bonchev–Trinajstić information content (AvgIpc) is 3.38. The Morgan fingerprint density at radius 1 is 1.27 bits per heavy atom. The lowest BCUT2D eigenvalue weighted by Crippen LogP contribution is -2.24. The molecule has 1 aliphatic carbocycles. The van der Waals surface area contributed by atoms with Crippen LogP contribution in [0.4, 0.5) is 10.1 Å². The SMILES string of the molecule is Cn1ccnc1Sc1ccc(F)cc1NC(=O)CCn1cnc2sc3c(c2c1=O)CCCC3. The second-order valence-corrected chi connectivity index (χ2v) is 10.1. The number of fused-ring (bicyclic) bond motifs is 3. The summed E-state index contributed by atoms with van der Waals surface area (Å²) in [5.74, 6) is -0.746. The first-order valence-corrected chi connectivity index (χ1v) is 12.4. The number of benzene rings is 1. The normalized spacial score (nSPS) is 13.3. The molecule has 3 heterocycles. The molecule has 1 N–H and O–H groups in total. The van der Waals surface area contributed by atoms with Crippen LogP contribution in [0.25, 0.3) is 10.2 Å². The molecule has 0 saturated heterocycles. The summed E-state index contributed by atoms with van der Waals surface area (Å²) < 4.78 is 17.2. The van der Waals surface area contributed by atoms with Crippen molar-refractivity contribution < 1.29 is 9.18 Å². The number of imidazole rings is 1. The zero-order chi connectivity index (χ0) is 22.9. The van der Waals surface area contributed by atoms with Crippen LogP contribution < -0.4 is 10.9 Å². The van der Waals surface area contributed by atoms with Gasteiger partial charge in [0.25, 0.3) is 5.56 Å². The highest BCUT2D eigenvalue weighted by Crippen LogP contribution is 2.34. The van der Waals surface area contributed by atoms with E-state index in [4.69, 9.17) is 0 Å². The predicted octanol–water partition coefficient (Wildman–Crippen LogP) is 4.39. The van der Waals surface area contributed by atoms with Crippen molar-refractivity contribution in [1.29, 1.82) is 0 Å². The summed E-state index contributed by atoms with van der Waals surface area (Å²) in [5, 5.41) is 4.21. The summed E-state index contributed by atoms with van der Waals surface area (Å²) in [4.78, 5) is 37.2. The highest BCUT2D eigenvalue weighted by Gasteiger charge is 2.20. The first kappa shape index (κ1) is 21.8. The summed E-state index contributed by atoms with van der Waals surface area (Å²) in [6.45, 7) is 0.204. The highest BCUT2D eigenvalue weighted by atomic mass is 32.2. The maximum Gasteiger partial charge on any atom is 0.262 e. The van der Waals surface area contributed by atoms with Crippen molar-refractivity contribution in [2.24, 2.45) is 7.05 Å². The minimum atomic E-state index is -0.442. The van der Waals surface area contributed by atoms with Crippen LogP contribution in [0.5, 0.6) is 0 Å². The van der Waals surface area contributed by atoms with Gasteiger partial charge in [0.05, 0.1) is 17.4 Å². The fourth-order valence-electron chi connectivity index (χ4n) is 4.01. The van der Waals surface area contributed by atoms with Gasteiger partial charge >= 0.3 is 0 Å². The van der Waals surface area contributed by atoms with E-state index >= 15 is 0 Å². The number of carbonyl (C=O) groups is 1. The van der Waals surface area contributed by atoms with E-state index in [2.05, 4.69) is 15.3 Å². The van der Waals surface area contributed by atoms with Crippen LogP contribution in [0.15, 0.2) is 51.8 Å². The number of hydrogen-bond donors (Lipinski definition) is 1. The molecular weight excluding hydrogens is 461 g/mol. The van der Waals surface area contributed by atoms with Crippen LogP contribution in [0, 0.1) is 5.82 Å². The smallest absolute Gasteiger partial charge is 0.262 e. The zero-order valence-corrected chi connectivity index (χ0v) is 19.6. The van der Waals surface area contributed by atoms with E-state index < -0.39 is 5.82 Å².